The maximum absolute atomic E-state index is 8.56. The van der Waals surface area contributed by atoms with E-state index in [-0.39, 0.29) is 0 Å². The van der Waals surface area contributed by atoms with Crippen LogP contribution in [0.25, 0.3) is 0 Å². The Labute approximate surface area is 77.9 Å². The maximum Gasteiger partial charge on any atom is 0.503 e. The van der Waals surface area contributed by atoms with Crippen LogP contribution in [-0.4, -0.2) is 35.5 Å². The van der Waals surface area contributed by atoms with Crippen LogP contribution < -0.4 is 11.1 Å². The van der Waals surface area contributed by atoms with Gasteiger partial charge in [0, 0.05) is 6.04 Å². The third-order valence-electron chi connectivity index (χ3n) is 1.93. The molecule has 1 fully saturated rings. The number of hydrogen-bond acceptors (Lipinski definition) is 3. The van der Waals surface area contributed by atoms with Crippen LogP contribution in [-0.2, 0) is 0 Å². The minimum Gasteiger partial charge on any atom is -0.450 e. The number of nitrogens with one attached hydrogen (secondary N) is 1. The molecule has 5 nitrogen and oxygen atoms in total. The summed E-state index contributed by atoms with van der Waals surface area (Å²) in [6.07, 6.45) is 3.38. The molecular formula is C8H18N2O3. The van der Waals surface area contributed by atoms with E-state index in [1.165, 1.54) is 25.8 Å². The van der Waals surface area contributed by atoms with Crippen LogP contribution in [0.4, 0.5) is 4.79 Å². The van der Waals surface area contributed by atoms with Gasteiger partial charge in [0.05, 0.1) is 0 Å². The summed E-state index contributed by atoms with van der Waals surface area (Å²) in [6, 6.07) is 0.726. The molecule has 5 heteroatoms. The summed E-state index contributed by atoms with van der Waals surface area (Å²) in [4.78, 5) is 8.56. The number of carboxylic acid groups (broad SMARTS) is 2. The molecule has 0 aromatic heterocycles. The van der Waals surface area contributed by atoms with E-state index in [0.717, 1.165) is 19.0 Å². The van der Waals surface area contributed by atoms with E-state index in [1.807, 2.05) is 0 Å². The first kappa shape index (κ1) is 12.2. The Morgan fingerprint density at radius 1 is 1.46 bits per heavy atom. The van der Waals surface area contributed by atoms with Gasteiger partial charge in [0.1, 0.15) is 0 Å². The lowest BCUT2D eigenvalue weighted by Gasteiger charge is -2.22. The fourth-order valence-corrected chi connectivity index (χ4v) is 1.37. The van der Waals surface area contributed by atoms with Gasteiger partial charge >= 0.3 is 6.16 Å². The lowest BCUT2D eigenvalue weighted by atomic mass is 10.0. The molecule has 5 N–H and O–H groups in total. The molecule has 0 radical (unpaired) electrons. The topological polar surface area (TPSA) is 95.6 Å². The van der Waals surface area contributed by atoms with E-state index in [0.29, 0.717) is 0 Å². The average Bonchev–Trinajstić information content (AvgIpc) is 2.06. The van der Waals surface area contributed by atoms with Crippen LogP contribution in [0.3, 0.4) is 0 Å². The van der Waals surface area contributed by atoms with Crippen molar-refractivity contribution in [3.8, 4) is 0 Å². The quantitative estimate of drug-likeness (QED) is 0.514. The Bertz CT molecular complexity index is 129. The molecule has 13 heavy (non-hydrogen) atoms. The zero-order valence-electron chi connectivity index (χ0n) is 7.70. The molecule has 1 aliphatic rings. The van der Waals surface area contributed by atoms with Crippen LogP contribution in [0.5, 0.6) is 0 Å². The summed E-state index contributed by atoms with van der Waals surface area (Å²) < 4.78 is 0. The predicted octanol–water partition coefficient (Wildman–Crippen LogP) is 0.700. The molecule has 0 aliphatic carbocycles. The minimum atomic E-state index is -1.83. The first-order chi connectivity index (χ1) is 6.16. The molecule has 0 aromatic carbocycles. The second-order valence-electron chi connectivity index (χ2n) is 3.01. The van der Waals surface area contributed by atoms with Gasteiger partial charge in [-0.15, -0.1) is 0 Å². The Morgan fingerprint density at radius 3 is 2.46 bits per heavy atom. The van der Waals surface area contributed by atoms with Crippen molar-refractivity contribution in [1.82, 2.24) is 5.32 Å². The van der Waals surface area contributed by atoms with Gasteiger partial charge in [-0.1, -0.05) is 6.42 Å². The molecule has 1 unspecified atom stereocenters. The van der Waals surface area contributed by atoms with Crippen molar-refractivity contribution >= 4 is 6.16 Å². The summed E-state index contributed by atoms with van der Waals surface area (Å²) in [5.74, 6) is 0. The van der Waals surface area contributed by atoms with Gasteiger partial charge in [-0.25, -0.2) is 4.79 Å². The van der Waals surface area contributed by atoms with Gasteiger partial charge in [0.2, 0.25) is 0 Å². The van der Waals surface area contributed by atoms with E-state index in [9.17, 15) is 0 Å². The Hall–Kier alpha value is -0.810. The normalized spacial score (nSPS) is 21.5. The van der Waals surface area contributed by atoms with E-state index in [1.54, 1.807) is 0 Å². The lowest BCUT2D eigenvalue weighted by molar-refractivity contribution is 0.137. The number of carbonyl (C=O) groups is 1. The highest BCUT2D eigenvalue weighted by Crippen LogP contribution is 2.08. The maximum atomic E-state index is 8.56. The summed E-state index contributed by atoms with van der Waals surface area (Å²) in [5.41, 5.74) is 5.42. The molecule has 0 spiro atoms. The molecule has 0 amide bonds. The standard InChI is InChI=1S/C7H16N2.CH2O3/c8-5-4-7-3-1-2-6-9-7;2-1(3)4/h7,9H,1-6,8H2;(H2,2,3,4). The fourth-order valence-electron chi connectivity index (χ4n) is 1.37. The van der Waals surface area contributed by atoms with Crippen LogP contribution in [0.1, 0.15) is 25.7 Å². The second kappa shape index (κ2) is 7.82. The van der Waals surface area contributed by atoms with E-state index < -0.39 is 6.16 Å². The van der Waals surface area contributed by atoms with Gasteiger partial charge in [0.25, 0.3) is 0 Å². The molecule has 0 saturated carbocycles. The van der Waals surface area contributed by atoms with Gasteiger partial charge in [-0.3, -0.25) is 0 Å². The first-order valence-electron chi connectivity index (χ1n) is 4.52. The Balaban J connectivity index is 0.000000310. The van der Waals surface area contributed by atoms with Crippen LogP contribution >= 0.6 is 0 Å². The zero-order chi connectivity index (χ0) is 10.1. The van der Waals surface area contributed by atoms with E-state index >= 15 is 0 Å². The summed E-state index contributed by atoms with van der Waals surface area (Å²) in [7, 11) is 0. The number of hydrogen-bond donors (Lipinski definition) is 4. The molecule has 78 valence electrons. The molecule has 1 aliphatic heterocycles. The fraction of sp³-hybridized carbons (Fsp3) is 0.875. The molecule has 1 rings (SSSR count). The minimum absolute atomic E-state index is 0.726. The van der Waals surface area contributed by atoms with Crippen molar-refractivity contribution in [3.63, 3.8) is 0 Å². The molecular weight excluding hydrogens is 172 g/mol. The smallest absolute Gasteiger partial charge is 0.450 e. The molecule has 1 saturated heterocycles. The number of nitrogens with two attached hydrogens (primary N) is 1. The third kappa shape index (κ3) is 9.10. The summed E-state index contributed by atoms with van der Waals surface area (Å²) in [5, 5.41) is 17.4. The highest BCUT2D eigenvalue weighted by atomic mass is 16.6. The first-order valence-corrected chi connectivity index (χ1v) is 4.52. The van der Waals surface area contributed by atoms with Crippen LogP contribution in [0, 0.1) is 0 Å². The van der Waals surface area contributed by atoms with Crippen molar-refractivity contribution in [1.29, 1.82) is 0 Å². The third-order valence-corrected chi connectivity index (χ3v) is 1.93. The Kier molecular flexibility index (Phi) is 7.33. The zero-order valence-corrected chi connectivity index (χ0v) is 7.70. The van der Waals surface area contributed by atoms with Crippen molar-refractivity contribution in [2.24, 2.45) is 5.73 Å². The highest BCUT2D eigenvalue weighted by molar-refractivity contribution is 5.53. The SMILES string of the molecule is NCCC1CCCCN1.O=C(O)O. The molecule has 1 atom stereocenters. The lowest BCUT2D eigenvalue weighted by Crippen LogP contribution is -2.35. The van der Waals surface area contributed by atoms with Gasteiger partial charge in [0.15, 0.2) is 0 Å². The summed E-state index contributed by atoms with van der Waals surface area (Å²) in [6.45, 7) is 2.03. The van der Waals surface area contributed by atoms with Crippen LogP contribution in [0.15, 0.2) is 0 Å². The monoisotopic (exact) mass is 190 g/mol. The molecule has 1 heterocycles. The van der Waals surface area contributed by atoms with Crippen molar-refractivity contribution in [2.45, 2.75) is 31.7 Å². The highest BCUT2D eigenvalue weighted by Gasteiger charge is 2.09. The second-order valence-corrected chi connectivity index (χ2v) is 3.01. The van der Waals surface area contributed by atoms with E-state index in [4.69, 9.17) is 20.7 Å². The average molecular weight is 190 g/mol. The largest absolute Gasteiger partial charge is 0.503 e. The van der Waals surface area contributed by atoms with Crippen molar-refractivity contribution in [3.05, 3.63) is 0 Å². The van der Waals surface area contributed by atoms with Gasteiger partial charge in [-0.05, 0) is 32.4 Å². The van der Waals surface area contributed by atoms with E-state index in [2.05, 4.69) is 5.32 Å². The number of piperidine rings is 1. The van der Waals surface area contributed by atoms with Crippen LogP contribution in [0.2, 0.25) is 0 Å². The predicted molar refractivity (Wildman–Crippen MR) is 50.0 cm³/mol. The molecule has 0 aromatic rings. The Morgan fingerprint density at radius 2 is 2.08 bits per heavy atom. The number of rotatable bonds is 2. The van der Waals surface area contributed by atoms with Crippen molar-refractivity contribution in [2.75, 3.05) is 13.1 Å². The molecule has 0 bridgehead atoms. The summed E-state index contributed by atoms with van der Waals surface area (Å²) >= 11 is 0. The van der Waals surface area contributed by atoms with Crippen molar-refractivity contribution < 1.29 is 15.0 Å². The van der Waals surface area contributed by atoms with Gasteiger partial charge in [-0.2, -0.15) is 0 Å². The van der Waals surface area contributed by atoms with Gasteiger partial charge < -0.3 is 21.3 Å².